The van der Waals surface area contributed by atoms with Crippen LogP contribution in [-0.2, 0) is 47.3 Å². The van der Waals surface area contributed by atoms with Crippen LogP contribution in [0.25, 0.3) is 0 Å². The van der Waals surface area contributed by atoms with Crippen molar-refractivity contribution in [2.75, 3.05) is 27.9 Å². The third-order valence-corrected chi connectivity index (χ3v) is 22.3. The first kappa shape index (κ1) is 57.2. The summed E-state index contributed by atoms with van der Waals surface area (Å²) in [7, 11) is 1.80. The number of cyclic esters (lactones) is 1. The summed E-state index contributed by atoms with van der Waals surface area (Å²) in [6.07, 6.45) is 0.848. The van der Waals surface area contributed by atoms with Gasteiger partial charge in [0, 0.05) is 52.0 Å². The Labute approximate surface area is 402 Å². The van der Waals surface area contributed by atoms with E-state index in [4.69, 9.17) is 28.1 Å². The number of ketones is 2. The number of carbonyl (C=O) groups is 4. The number of fused-ring (bicyclic) bond motifs is 3. The second-order valence-electron chi connectivity index (χ2n) is 21.5. The molecule has 3 fully saturated rings. The molecule has 15 heteroatoms. The van der Waals surface area contributed by atoms with E-state index in [1.807, 2.05) is 20.8 Å². The highest BCUT2D eigenvalue weighted by Gasteiger charge is 2.57. The molecule has 1 aliphatic carbocycles. The van der Waals surface area contributed by atoms with Crippen LogP contribution in [0.2, 0.25) is 16.6 Å². The van der Waals surface area contributed by atoms with E-state index in [2.05, 4.69) is 47.6 Å². The van der Waals surface area contributed by atoms with E-state index in [0.717, 1.165) is 5.57 Å². The topological polar surface area (TPSA) is 167 Å². The molecule has 2 saturated heterocycles. The number of aliphatic hydroxyl groups excluding tert-OH is 1. The lowest BCUT2D eigenvalue weighted by molar-refractivity contribution is -0.302. The van der Waals surface area contributed by atoms with E-state index in [9.17, 15) is 29.4 Å². The first-order valence-corrected chi connectivity index (χ1v) is 27.5. The third-order valence-electron chi connectivity index (χ3n) is 16.1. The molecule has 67 heavy (non-hydrogen) atoms. The van der Waals surface area contributed by atoms with Crippen molar-refractivity contribution in [1.29, 1.82) is 0 Å². The summed E-state index contributed by atoms with van der Waals surface area (Å²) in [5.41, 5.74) is 1.60. The van der Waals surface area contributed by atoms with Crippen LogP contribution in [0.15, 0.2) is 23.3 Å². The maximum atomic E-state index is 16.7. The number of rotatable bonds is 11. The molecule has 1 saturated carbocycles. The van der Waals surface area contributed by atoms with Crippen LogP contribution in [0.5, 0.6) is 0 Å². The summed E-state index contributed by atoms with van der Waals surface area (Å²) in [4.78, 5) is 60.1. The van der Waals surface area contributed by atoms with Gasteiger partial charge in [0.05, 0.1) is 30.5 Å². The zero-order chi connectivity index (χ0) is 50.3. The summed E-state index contributed by atoms with van der Waals surface area (Å²) in [5.74, 6) is -8.48. The molecule has 0 aromatic heterocycles. The molecule has 15 unspecified atom stereocenters. The minimum atomic E-state index is -2.71. The molecule has 2 bridgehead atoms. The Balaban J connectivity index is 1.95. The molecule has 0 spiro atoms. The fraction of sp³-hybridized carbons (Fsp3) is 0.846. The van der Waals surface area contributed by atoms with Gasteiger partial charge in [-0.25, -0.2) is 9.18 Å². The van der Waals surface area contributed by atoms with Gasteiger partial charge in [-0.3, -0.25) is 14.4 Å². The van der Waals surface area contributed by atoms with Gasteiger partial charge in [0.25, 0.3) is 11.7 Å². The average Bonchev–Trinajstić information content (AvgIpc) is 3.29. The van der Waals surface area contributed by atoms with Crippen molar-refractivity contribution in [3.8, 4) is 0 Å². The highest BCUT2D eigenvalue weighted by molar-refractivity contribution is 6.77. The Morgan fingerprint density at radius 2 is 1.49 bits per heavy atom. The number of methoxy groups -OCH3 is 3. The number of alkyl halides is 1. The Bertz CT molecular complexity index is 1720. The molecule has 15 atom stereocenters. The van der Waals surface area contributed by atoms with Gasteiger partial charge in [-0.05, 0) is 111 Å². The van der Waals surface area contributed by atoms with E-state index in [1.165, 1.54) is 19.1 Å². The first-order valence-electron chi connectivity index (χ1n) is 25.4. The smallest absolute Gasteiger partial charge is 0.329 e. The Morgan fingerprint density at radius 1 is 0.896 bits per heavy atom. The number of amides is 1. The van der Waals surface area contributed by atoms with Crippen molar-refractivity contribution in [3.05, 3.63) is 23.3 Å². The van der Waals surface area contributed by atoms with Gasteiger partial charge in [0.2, 0.25) is 14.1 Å². The molecule has 0 radical (unpaired) electrons. The summed E-state index contributed by atoms with van der Waals surface area (Å²) >= 11 is 0. The maximum absolute atomic E-state index is 16.7. The van der Waals surface area contributed by atoms with Gasteiger partial charge < -0.3 is 43.2 Å². The van der Waals surface area contributed by atoms with Crippen LogP contribution in [0, 0.1) is 29.6 Å². The van der Waals surface area contributed by atoms with Gasteiger partial charge >= 0.3 is 5.97 Å². The third kappa shape index (κ3) is 12.8. The predicted octanol–water partition coefficient (Wildman–Crippen LogP) is 8.62. The highest BCUT2D eigenvalue weighted by atomic mass is 28.4. The maximum Gasteiger partial charge on any atom is 0.329 e. The molecule has 3 heterocycles. The second kappa shape index (κ2) is 24.6. The van der Waals surface area contributed by atoms with E-state index in [-0.39, 0.29) is 66.7 Å². The number of carbonyl (C=O) groups excluding carboxylic acids is 4. The quantitative estimate of drug-likeness (QED) is 0.0878. The summed E-state index contributed by atoms with van der Waals surface area (Å²) < 4.78 is 54.6. The number of hydrogen-bond donors (Lipinski definition) is 2. The van der Waals surface area contributed by atoms with Crippen molar-refractivity contribution in [2.24, 2.45) is 29.6 Å². The van der Waals surface area contributed by atoms with Gasteiger partial charge in [-0.2, -0.15) is 0 Å². The molecule has 1 amide bonds. The zero-order valence-electron chi connectivity index (χ0n) is 43.5. The molecule has 0 aromatic carbocycles. The van der Waals surface area contributed by atoms with Gasteiger partial charge in [-0.1, -0.05) is 81.4 Å². The second-order valence-corrected chi connectivity index (χ2v) is 26.9. The number of Topliss-reactive ketones (excluding diaryl/α,β-unsaturated/α-hetero) is 2. The van der Waals surface area contributed by atoms with Crippen LogP contribution < -0.4 is 0 Å². The molecule has 4 rings (SSSR count). The minimum absolute atomic E-state index is 0.0119. The lowest BCUT2D eigenvalue weighted by Crippen LogP contribution is -2.64. The Kier molecular flexibility index (Phi) is 21.0. The van der Waals surface area contributed by atoms with Gasteiger partial charge in [0.15, 0.2) is 0 Å². The number of ether oxygens (including phenoxy) is 5. The lowest BCUT2D eigenvalue weighted by Gasteiger charge is -2.47. The van der Waals surface area contributed by atoms with Crippen molar-refractivity contribution >= 4 is 31.8 Å². The highest BCUT2D eigenvalue weighted by Crippen LogP contribution is 2.46. The van der Waals surface area contributed by atoms with Crippen molar-refractivity contribution in [1.82, 2.24) is 4.90 Å². The summed E-state index contributed by atoms with van der Waals surface area (Å²) in [5, 5.41) is 22.9. The van der Waals surface area contributed by atoms with Crippen LogP contribution in [0.3, 0.4) is 0 Å². The number of allylic oxidation sites excluding steroid dienone is 3. The SMILES string of the molecule is CCC1/C=C(\C)C(F)C(C)CC(OC)C2OC(O)(C(=O)C(=O)N3CCCCC3C(=O)OC(C(C)=CC3CCC(O)C(OC)C3)C(C)C(O[Si](C(C)C)(C(C)C)C(C)C)CC1=O)C(C)CC2OC. The van der Waals surface area contributed by atoms with Crippen LogP contribution >= 0.6 is 0 Å². The number of nitrogens with zero attached hydrogens (tertiary/aromatic N) is 1. The van der Waals surface area contributed by atoms with Crippen molar-refractivity contribution in [3.63, 3.8) is 0 Å². The number of aliphatic hydroxyl groups is 2. The number of hydrogen-bond acceptors (Lipinski definition) is 12. The normalized spacial score (nSPS) is 38.4. The number of esters is 1. The standard InChI is InChI=1S/C52H88FNO12Si/c1-16-38-24-32(8)46(53)33(9)25-44(62-14)48-45(63-15)26-35(11)52(60,65-48)49(57)50(58)54-22-18-17-19-39(54)51(59)64-47(34(10)23-37-20-21-40(55)43(27-37)61-13)36(12)42(28-41(38)56)66-67(29(2)3,30(4)5)31(6)7/h23-24,29-31,33,35-40,42-48,55,60H,16-22,25-28H2,1-15H3/b32-24+,34-23?. The van der Waals surface area contributed by atoms with Crippen LogP contribution in [-0.4, -0.2) is 135 Å². The molecule has 0 aromatic rings. The van der Waals surface area contributed by atoms with Gasteiger partial charge in [0.1, 0.15) is 30.2 Å². The summed E-state index contributed by atoms with van der Waals surface area (Å²) in [6, 6.07) is -1.15. The van der Waals surface area contributed by atoms with Crippen LogP contribution in [0.4, 0.5) is 4.39 Å². The number of halogens is 1. The minimum Gasteiger partial charge on any atom is -0.456 e. The first-order chi connectivity index (χ1) is 31.4. The fourth-order valence-electron chi connectivity index (χ4n) is 12.1. The molecular weight excluding hydrogens is 878 g/mol. The monoisotopic (exact) mass is 966 g/mol. The molecule has 3 aliphatic heterocycles. The fourth-order valence-corrected chi connectivity index (χ4v) is 17.7. The molecule has 384 valence electrons. The van der Waals surface area contributed by atoms with E-state index < -0.39 is 104 Å². The molecule has 2 N–H and O–H groups in total. The molecule has 13 nitrogen and oxygen atoms in total. The van der Waals surface area contributed by atoms with E-state index >= 15 is 4.39 Å². The van der Waals surface area contributed by atoms with Gasteiger partial charge in [-0.15, -0.1) is 0 Å². The average molecular weight is 966 g/mol. The Morgan fingerprint density at radius 3 is 2.06 bits per heavy atom. The lowest BCUT2D eigenvalue weighted by atomic mass is 9.81. The zero-order valence-corrected chi connectivity index (χ0v) is 44.5. The largest absolute Gasteiger partial charge is 0.456 e. The molecular formula is C52H88FNO12Si. The molecule has 4 aliphatic rings. The van der Waals surface area contributed by atoms with E-state index in [0.29, 0.717) is 44.1 Å². The van der Waals surface area contributed by atoms with Crippen molar-refractivity contribution < 1.29 is 61.9 Å². The van der Waals surface area contributed by atoms with Crippen LogP contribution in [0.1, 0.15) is 147 Å². The van der Waals surface area contributed by atoms with Crippen molar-refractivity contribution in [2.45, 2.75) is 225 Å². The van der Waals surface area contributed by atoms with E-state index in [1.54, 1.807) is 34.0 Å². The Hall–Kier alpha value is -2.37. The predicted molar refractivity (Wildman–Crippen MR) is 258 cm³/mol. The number of piperidine rings is 1. The summed E-state index contributed by atoms with van der Waals surface area (Å²) in [6.45, 7) is 24.0.